The minimum Gasteiger partial charge on any atom is -0.464 e. The molecule has 0 aliphatic carbocycles. The number of nitrogens with one attached hydrogen (secondary N) is 2. The Hall–Kier alpha value is -3.98. The second-order valence-electron chi connectivity index (χ2n) is 6.33. The van der Waals surface area contributed by atoms with Gasteiger partial charge in [-0.15, -0.1) is 0 Å². The van der Waals surface area contributed by atoms with Gasteiger partial charge in [-0.25, -0.2) is 18.0 Å². The minimum absolute atomic E-state index is 0.0212. The van der Waals surface area contributed by atoms with Gasteiger partial charge in [0.1, 0.15) is 29.3 Å². The van der Waals surface area contributed by atoms with E-state index < -0.39 is 46.3 Å². The van der Waals surface area contributed by atoms with E-state index in [4.69, 9.17) is 10.00 Å². The number of anilines is 1. The number of halogens is 3. The number of ether oxygens (including phenoxy) is 1. The molecule has 1 atom stereocenters. The molecule has 0 spiro atoms. The van der Waals surface area contributed by atoms with Crippen molar-refractivity contribution >= 4 is 22.6 Å². The number of fused-ring (bicyclic) bond motifs is 1. The van der Waals surface area contributed by atoms with Crippen LogP contribution in [0.2, 0.25) is 0 Å². The van der Waals surface area contributed by atoms with E-state index in [2.05, 4.69) is 10.3 Å². The average Bonchev–Trinajstić information content (AvgIpc) is 3.14. The molecule has 0 aliphatic heterocycles. The lowest BCUT2D eigenvalue weighted by atomic mass is 10.0. The summed E-state index contributed by atoms with van der Waals surface area (Å²) >= 11 is 0. The van der Waals surface area contributed by atoms with Gasteiger partial charge < -0.3 is 15.0 Å². The van der Waals surface area contributed by atoms with Gasteiger partial charge >= 0.3 is 5.97 Å². The van der Waals surface area contributed by atoms with Crippen molar-refractivity contribution < 1.29 is 22.7 Å². The summed E-state index contributed by atoms with van der Waals surface area (Å²) in [7, 11) is 0. The zero-order chi connectivity index (χ0) is 21.8. The zero-order valence-electron chi connectivity index (χ0n) is 15.7. The van der Waals surface area contributed by atoms with Gasteiger partial charge in [-0.1, -0.05) is 18.2 Å². The summed E-state index contributed by atoms with van der Waals surface area (Å²) in [6.45, 7) is 1.59. The first-order valence-electron chi connectivity index (χ1n) is 8.91. The molecule has 0 bridgehead atoms. The number of hydrogen-bond donors (Lipinski definition) is 2. The number of nitriles is 2. The second-order valence-corrected chi connectivity index (χ2v) is 6.33. The van der Waals surface area contributed by atoms with Crippen LogP contribution in [-0.4, -0.2) is 23.6 Å². The smallest absolute Gasteiger partial charge is 0.328 e. The molecule has 9 heteroatoms. The molecular weight excluding hydrogens is 397 g/mol. The highest BCUT2D eigenvalue weighted by atomic mass is 19.2. The summed E-state index contributed by atoms with van der Waals surface area (Å²) in [5.74, 6) is -5.68. The summed E-state index contributed by atoms with van der Waals surface area (Å²) in [4.78, 5) is 15.5. The number of nitrogens with zero attached hydrogens (tertiary/aromatic N) is 2. The second kappa shape index (κ2) is 8.58. The van der Waals surface area contributed by atoms with Crippen LogP contribution in [0.1, 0.15) is 23.7 Å². The van der Waals surface area contributed by atoms with Crippen molar-refractivity contribution in [3.8, 4) is 12.1 Å². The Morgan fingerprint density at radius 2 is 1.83 bits per heavy atom. The highest BCUT2D eigenvalue weighted by Crippen LogP contribution is 2.30. The predicted molar refractivity (Wildman–Crippen MR) is 102 cm³/mol. The van der Waals surface area contributed by atoms with Crippen LogP contribution in [0.3, 0.4) is 0 Å². The standard InChI is InChI=1S/C21H15F3N4O2/c1-2-30-21(29)16(8-12-7-11-5-3-4-6-15(11)27-12)28-20-14(10-26)17(22)13(9-25)18(23)19(20)24/h3-7,16,27-28H,2,8H2,1H3/t16-/m0/s1. The molecular formula is C21H15F3N4O2. The largest absolute Gasteiger partial charge is 0.464 e. The summed E-state index contributed by atoms with van der Waals surface area (Å²) in [6.07, 6.45) is -0.0406. The van der Waals surface area contributed by atoms with E-state index in [1.807, 2.05) is 24.3 Å². The third-order valence-corrected chi connectivity index (χ3v) is 4.44. The monoisotopic (exact) mass is 412 g/mol. The van der Waals surface area contributed by atoms with E-state index in [-0.39, 0.29) is 13.0 Å². The maximum Gasteiger partial charge on any atom is 0.328 e. The number of para-hydroxylation sites is 1. The van der Waals surface area contributed by atoms with Crippen molar-refractivity contribution in [3.63, 3.8) is 0 Å². The normalized spacial score (nSPS) is 11.5. The zero-order valence-corrected chi connectivity index (χ0v) is 15.7. The summed E-state index contributed by atoms with van der Waals surface area (Å²) in [5.41, 5.74) is -1.58. The molecule has 0 fully saturated rings. The van der Waals surface area contributed by atoms with Gasteiger partial charge in [0.05, 0.1) is 12.3 Å². The highest BCUT2D eigenvalue weighted by molar-refractivity contribution is 5.83. The third-order valence-electron chi connectivity index (χ3n) is 4.44. The first-order chi connectivity index (χ1) is 14.4. The molecule has 0 radical (unpaired) electrons. The number of hydrogen-bond acceptors (Lipinski definition) is 5. The van der Waals surface area contributed by atoms with Crippen molar-refractivity contribution in [1.82, 2.24) is 4.98 Å². The van der Waals surface area contributed by atoms with Crippen LogP contribution in [0, 0.1) is 40.1 Å². The van der Waals surface area contributed by atoms with Gasteiger partial charge in [-0.2, -0.15) is 10.5 Å². The van der Waals surface area contributed by atoms with E-state index in [1.165, 1.54) is 12.1 Å². The molecule has 3 aromatic rings. The molecule has 1 aromatic heterocycles. The lowest BCUT2D eigenvalue weighted by molar-refractivity contribution is -0.144. The summed E-state index contributed by atoms with van der Waals surface area (Å²) in [5, 5.41) is 21.3. The van der Waals surface area contributed by atoms with E-state index >= 15 is 0 Å². The van der Waals surface area contributed by atoms with Crippen LogP contribution in [-0.2, 0) is 16.0 Å². The molecule has 6 nitrogen and oxygen atoms in total. The Bertz CT molecular complexity index is 1170. The van der Waals surface area contributed by atoms with E-state index in [0.29, 0.717) is 5.69 Å². The molecule has 0 saturated heterocycles. The van der Waals surface area contributed by atoms with Crippen LogP contribution >= 0.6 is 0 Å². The van der Waals surface area contributed by atoms with Crippen LogP contribution in [0.4, 0.5) is 18.9 Å². The Morgan fingerprint density at radius 1 is 1.13 bits per heavy atom. The van der Waals surface area contributed by atoms with Crippen LogP contribution in [0.15, 0.2) is 30.3 Å². The van der Waals surface area contributed by atoms with E-state index in [1.54, 1.807) is 13.0 Å². The molecule has 0 saturated carbocycles. The number of carbonyl (C=O) groups excluding carboxylic acids is 1. The molecule has 1 heterocycles. The number of rotatable bonds is 6. The number of esters is 1. The molecule has 30 heavy (non-hydrogen) atoms. The lowest BCUT2D eigenvalue weighted by Gasteiger charge is -2.20. The Morgan fingerprint density at radius 3 is 2.47 bits per heavy atom. The van der Waals surface area contributed by atoms with Gasteiger partial charge in [0, 0.05) is 17.6 Å². The van der Waals surface area contributed by atoms with Gasteiger partial charge in [0.15, 0.2) is 17.5 Å². The number of H-pyrrole nitrogens is 1. The molecule has 0 amide bonds. The Balaban J connectivity index is 2.03. The molecule has 152 valence electrons. The van der Waals surface area contributed by atoms with Gasteiger partial charge in [-0.05, 0) is 24.4 Å². The molecule has 0 unspecified atom stereocenters. The van der Waals surface area contributed by atoms with Crippen molar-refractivity contribution in [2.24, 2.45) is 0 Å². The number of benzene rings is 2. The van der Waals surface area contributed by atoms with Crippen molar-refractivity contribution in [1.29, 1.82) is 10.5 Å². The van der Waals surface area contributed by atoms with Crippen molar-refractivity contribution in [2.45, 2.75) is 19.4 Å². The minimum atomic E-state index is -1.75. The first-order valence-corrected chi connectivity index (χ1v) is 8.91. The number of aromatic amines is 1. The topological polar surface area (TPSA) is 102 Å². The quantitative estimate of drug-likeness (QED) is 0.472. The fraction of sp³-hybridized carbons (Fsp3) is 0.190. The average molecular weight is 412 g/mol. The van der Waals surface area contributed by atoms with E-state index in [0.717, 1.165) is 10.9 Å². The van der Waals surface area contributed by atoms with Crippen LogP contribution < -0.4 is 5.32 Å². The molecule has 2 N–H and O–H groups in total. The Kier molecular flexibility index (Phi) is 5.93. The van der Waals surface area contributed by atoms with Crippen LogP contribution in [0.25, 0.3) is 10.9 Å². The maximum atomic E-state index is 14.5. The summed E-state index contributed by atoms with van der Waals surface area (Å²) < 4.78 is 47.9. The fourth-order valence-electron chi connectivity index (χ4n) is 3.07. The molecule has 0 aliphatic rings. The maximum absolute atomic E-state index is 14.5. The van der Waals surface area contributed by atoms with Gasteiger partial charge in [-0.3, -0.25) is 0 Å². The SMILES string of the molecule is CCOC(=O)[C@H](Cc1cc2ccccc2[nH]1)Nc1c(F)c(F)c(C#N)c(F)c1C#N. The lowest BCUT2D eigenvalue weighted by Crippen LogP contribution is -2.34. The number of carbonyl (C=O) groups is 1. The van der Waals surface area contributed by atoms with E-state index in [9.17, 15) is 23.2 Å². The van der Waals surface area contributed by atoms with Gasteiger partial charge in [0.25, 0.3) is 0 Å². The Labute approximate surface area is 169 Å². The highest BCUT2D eigenvalue weighted by Gasteiger charge is 2.29. The number of aromatic nitrogens is 1. The third kappa shape index (κ3) is 3.78. The summed E-state index contributed by atoms with van der Waals surface area (Å²) in [6, 6.07) is 10.4. The van der Waals surface area contributed by atoms with Gasteiger partial charge in [0.2, 0.25) is 0 Å². The molecule has 3 rings (SSSR count). The van der Waals surface area contributed by atoms with Crippen LogP contribution in [0.5, 0.6) is 0 Å². The van der Waals surface area contributed by atoms with Crippen molar-refractivity contribution in [2.75, 3.05) is 11.9 Å². The van der Waals surface area contributed by atoms with Crippen molar-refractivity contribution in [3.05, 3.63) is 64.6 Å². The fourth-order valence-corrected chi connectivity index (χ4v) is 3.07. The predicted octanol–water partition coefficient (Wildman–Crippen LogP) is 3.91. The first kappa shape index (κ1) is 20.7. The molecule has 2 aromatic carbocycles.